The van der Waals surface area contributed by atoms with Gasteiger partial charge in [-0.15, -0.1) is 11.3 Å². The number of hydrogen-bond acceptors (Lipinski definition) is 6. The summed E-state index contributed by atoms with van der Waals surface area (Å²) in [5.74, 6) is -0.568. The summed E-state index contributed by atoms with van der Waals surface area (Å²) in [4.78, 5) is 38.7. The van der Waals surface area contributed by atoms with Crippen LogP contribution in [0.2, 0.25) is 0 Å². The van der Waals surface area contributed by atoms with Crippen LogP contribution in [0.5, 0.6) is 0 Å². The fraction of sp³-hybridized carbons (Fsp3) is 0.318. The first-order valence-corrected chi connectivity index (χ1v) is 10.5. The molecule has 0 saturated heterocycles. The lowest BCUT2D eigenvalue weighted by Gasteiger charge is -2.18. The molecule has 2 heterocycles. The van der Waals surface area contributed by atoms with Gasteiger partial charge in [0.25, 0.3) is 5.91 Å². The average molecular weight is 411 g/mol. The fourth-order valence-electron chi connectivity index (χ4n) is 3.67. The number of amides is 1. The van der Waals surface area contributed by atoms with Gasteiger partial charge in [-0.2, -0.15) is 0 Å². The van der Waals surface area contributed by atoms with E-state index in [2.05, 4.69) is 12.2 Å². The molecular formula is C22H21NO5S. The van der Waals surface area contributed by atoms with Gasteiger partial charge < -0.3 is 14.5 Å². The Morgan fingerprint density at radius 2 is 2.10 bits per heavy atom. The molecule has 3 aromatic rings. The Bertz CT molecular complexity index is 1160. The summed E-state index contributed by atoms with van der Waals surface area (Å²) < 4.78 is 10.4. The molecule has 0 spiro atoms. The summed E-state index contributed by atoms with van der Waals surface area (Å²) in [5.41, 5.74) is 0.815. The van der Waals surface area contributed by atoms with Crippen LogP contribution in [0.4, 0.5) is 5.00 Å². The second kappa shape index (κ2) is 7.83. The van der Waals surface area contributed by atoms with Crippen molar-refractivity contribution in [2.24, 2.45) is 5.92 Å². The zero-order valence-electron chi connectivity index (χ0n) is 16.2. The minimum atomic E-state index is -0.571. The van der Waals surface area contributed by atoms with Gasteiger partial charge >= 0.3 is 11.6 Å². The molecule has 0 unspecified atom stereocenters. The zero-order valence-corrected chi connectivity index (χ0v) is 17.1. The van der Waals surface area contributed by atoms with E-state index < -0.39 is 17.5 Å². The second-order valence-corrected chi connectivity index (χ2v) is 8.32. The Balaban J connectivity index is 1.71. The summed E-state index contributed by atoms with van der Waals surface area (Å²) in [7, 11) is 0. The first-order chi connectivity index (χ1) is 14.0. The highest BCUT2D eigenvalue weighted by Crippen LogP contribution is 2.40. The van der Waals surface area contributed by atoms with Crippen LogP contribution in [-0.4, -0.2) is 18.5 Å². The van der Waals surface area contributed by atoms with Crippen molar-refractivity contribution >= 4 is 39.0 Å². The Morgan fingerprint density at radius 1 is 1.31 bits per heavy atom. The normalized spacial score (nSPS) is 15.7. The molecule has 1 atom stereocenters. The highest BCUT2D eigenvalue weighted by Gasteiger charge is 2.29. The minimum absolute atomic E-state index is 0.0942. The molecule has 0 saturated carbocycles. The van der Waals surface area contributed by atoms with Gasteiger partial charge in [-0.05, 0) is 55.2 Å². The number of rotatable bonds is 4. The number of thiophene rings is 1. The summed E-state index contributed by atoms with van der Waals surface area (Å²) in [6.45, 7) is 4.18. The molecule has 1 N–H and O–H groups in total. The molecule has 150 valence electrons. The number of hydrogen-bond donors (Lipinski definition) is 1. The van der Waals surface area contributed by atoms with E-state index >= 15 is 0 Å². The third-order valence-corrected chi connectivity index (χ3v) is 6.28. The van der Waals surface area contributed by atoms with E-state index in [0.717, 1.165) is 29.7 Å². The molecule has 7 heteroatoms. The number of ether oxygens (including phenoxy) is 1. The van der Waals surface area contributed by atoms with Gasteiger partial charge in [-0.1, -0.05) is 25.1 Å². The molecule has 1 aliphatic carbocycles. The van der Waals surface area contributed by atoms with Crippen molar-refractivity contribution in [2.75, 3.05) is 11.9 Å². The van der Waals surface area contributed by atoms with Crippen molar-refractivity contribution in [3.63, 3.8) is 0 Å². The number of benzene rings is 1. The van der Waals surface area contributed by atoms with E-state index in [1.54, 1.807) is 31.2 Å². The van der Waals surface area contributed by atoms with Gasteiger partial charge in [-0.3, -0.25) is 4.79 Å². The lowest BCUT2D eigenvalue weighted by molar-refractivity contribution is 0.0526. The molecule has 1 aliphatic rings. The highest BCUT2D eigenvalue weighted by molar-refractivity contribution is 7.17. The van der Waals surface area contributed by atoms with Crippen LogP contribution in [0.1, 0.15) is 51.6 Å². The van der Waals surface area contributed by atoms with E-state index in [-0.39, 0.29) is 12.4 Å². The Labute approximate surface area is 171 Å². The van der Waals surface area contributed by atoms with E-state index in [1.807, 2.05) is 0 Å². The van der Waals surface area contributed by atoms with Crippen LogP contribution in [0, 0.1) is 5.92 Å². The first kappa shape index (κ1) is 19.4. The van der Waals surface area contributed by atoms with E-state index in [4.69, 9.17) is 9.15 Å². The third-order valence-electron chi connectivity index (χ3n) is 5.11. The van der Waals surface area contributed by atoms with Gasteiger partial charge in [0.15, 0.2) is 5.76 Å². The van der Waals surface area contributed by atoms with Crippen LogP contribution in [0.3, 0.4) is 0 Å². The standard InChI is InChI=1S/C22H21NO5S/c1-3-27-22(26)18-15-9-8-12(2)10-17(15)29-20(18)23-19(24)16-11-13-6-4-5-7-14(13)21(25)28-16/h4-7,11-12H,3,8-10H2,1-2H3,(H,23,24)/t12-/m1/s1. The summed E-state index contributed by atoms with van der Waals surface area (Å²) in [5, 5.41) is 4.26. The topological polar surface area (TPSA) is 85.6 Å². The Kier molecular flexibility index (Phi) is 5.24. The van der Waals surface area contributed by atoms with Gasteiger partial charge in [-0.25, -0.2) is 9.59 Å². The van der Waals surface area contributed by atoms with Crippen LogP contribution >= 0.6 is 11.3 Å². The number of nitrogens with one attached hydrogen (secondary N) is 1. The largest absolute Gasteiger partial charge is 0.462 e. The number of fused-ring (bicyclic) bond motifs is 2. The van der Waals surface area contributed by atoms with E-state index in [9.17, 15) is 14.4 Å². The summed E-state index contributed by atoms with van der Waals surface area (Å²) >= 11 is 1.40. The monoisotopic (exact) mass is 411 g/mol. The van der Waals surface area contributed by atoms with Gasteiger partial charge in [0.2, 0.25) is 0 Å². The van der Waals surface area contributed by atoms with Crippen molar-refractivity contribution in [1.82, 2.24) is 0 Å². The number of anilines is 1. The molecule has 0 aliphatic heterocycles. The lowest BCUT2D eigenvalue weighted by atomic mass is 9.88. The summed E-state index contributed by atoms with van der Waals surface area (Å²) in [6, 6.07) is 8.46. The molecule has 1 amide bonds. The van der Waals surface area contributed by atoms with Crippen LogP contribution in [-0.2, 0) is 17.6 Å². The number of carbonyl (C=O) groups is 2. The van der Waals surface area contributed by atoms with Crippen LogP contribution < -0.4 is 10.9 Å². The lowest BCUT2D eigenvalue weighted by Crippen LogP contribution is -2.17. The molecule has 6 nitrogen and oxygen atoms in total. The molecule has 0 radical (unpaired) electrons. The maximum atomic E-state index is 12.8. The Morgan fingerprint density at radius 3 is 2.90 bits per heavy atom. The van der Waals surface area contributed by atoms with E-state index in [1.165, 1.54) is 17.4 Å². The quantitative estimate of drug-likeness (QED) is 0.643. The molecule has 4 rings (SSSR count). The zero-order chi connectivity index (χ0) is 20.5. The molecular weight excluding hydrogens is 390 g/mol. The smallest absolute Gasteiger partial charge is 0.344 e. The van der Waals surface area contributed by atoms with Crippen molar-refractivity contribution in [3.05, 3.63) is 62.5 Å². The molecule has 1 aromatic carbocycles. The SMILES string of the molecule is CCOC(=O)c1c(NC(=O)c2cc3ccccc3c(=O)o2)sc2c1CC[C@@H](C)C2. The summed E-state index contributed by atoms with van der Waals surface area (Å²) in [6.07, 6.45) is 2.64. The first-order valence-electron chi connectivity index (χ1n) is 9.63. The van der Waals surface area contributed by atoms with Crippen molar-refractivity contribution in [3.8, 4) is 0 Å². The maximum Gasteiger partial charge on any atom is 0.344 e. The molecule has 0 bridgehead atoms. The van der Waals surface area contributed by atoms with E-state index in [0.29, 0.717) is 27.3 Å². The molecule has 0 fully saturated rings. The third kappa shape index (κ3) is 3.70. The van der Waals surface area contributed by atoms with Crippen molar-refractivity contribution < 1.29 is 18.7 Å². The average Bonchev–Trinajstić information content (AvgIpc) is 3.05. The predicted octanol–water partition coefficient (Wildman–Crippen LogP) is 4.41. The van der Waals surface area contributed by atoms with Crippen LogP contribution in [0.15, 0.2) is 39.5 Å². The van der Waals surface area contributed by atoms with Gasteiger partial charge in [0, 0.05) is 4.88 Å². The van der Waals surface area contributed by atoms with Crippen LogP contribution in [0.25, 0.3) is 10.8 Å². The van der Waals surface area contributed by atoms with Crippen molar-refractivity contribution in [1.29, 1.82) is 0 Å². The second-order valence-electron chi connectivity index (χ2n) is 7.22. The van der Waals surface area contributed by atoms with Gasteiger partial charge in [0.05, 0.1) is 17.6 Å². The number of esters is 1. The maximum absolute atomic E-state index is 12.8. The van der Waals surface area contributed by atoms with Crippen molar-refractivity contribution in [2.45, 2.75) is 33.1 Å². The number of carbonyl (C=O) groups excluding carboxylic acids is 2. The highest BCUT2D eigenvalue weighted by atomic mass is 32.1. The minimum Gasteiger partial charge on any atom is -0.462 e. The molecule has 29 heavy (non-hydrogen) atoms. The molecule has 2 aromatic heterocycles. The fourth-order valence-corrected chi connectivity index (χ4v) is 5.06. The predicted molar refractivity (Wildman–Crippen MR) is 112 cm³/mol. The van der Waals surface area contributed by atoms with Gasteiger partial charge in [0.1, 0.15) is 5.00 Å². The Hall–Kier alpha value is -2.93.